The van der Waals surface area contributed by atoms with Crippen LogP contribution in [0, 0.1) is 0 Å². The molecule has 9 nitrogen and oxygen atoms in total. The number of pyridine rings is 1. The Morgan fingerprint density at radius 3 is 2.66 bits per heavy atom. The molecule has 3 aromatic rings. The molecule has 2 heterocycles. The summed E-state index contributed by atoms with van der Waals surface area (Å²) < 4.78 is 0. The van der Waals surface area contributed by atoms with E-state index in [0.29, 0.717) is 31.5 Å². The zero-order valence-electron chi connectivity index (χ0n) is 19.4. The lowest BCUT2D eigenvalue weighted by Gasteiger charge is -2.21. The van der Waals surface area contributed by atoms with E-state index in [1.54, 1.807) is 6.20 Å². The first-order valence-corrected chi connectivity index (χ1v) is 11.7. The third-order valence-electron chi connectivity index (χ3n) is 6.05. The molecule has 1 aromatic heterocycles. The minimum Gasteiger partial charge on any atom is -0.351 e. The fourth-order valence-corrected chi connectivity index (χ4v) is 4.20. The van der Waals surface area contributed by atoms with E-state index in [4.69, 9.17) is 5.73 Å². The molecule has 4 rings (SSSR count). The van der Waals surface area contributed by atoms with Crippen molar-refractivity contribution in [3.8, 4) is 0 Å². The first-order chi connectivity index (χ1) is 17.0. The van der Waals surface area contributed by atoms with Gasteiger partial charge in [-0.1, -0.05) is 48.5 Å². The van der Waals surface area contributed by atoms with Crippen molar-refractivity contribution in [3.63, 3.8) is 0 Å². The number of carbonyl (C=O) groups excluding carboxylic acids is 3. The second-order valence-electron chi connectivity index (χ2n) is 8.66. The molecule has 1 aliphatic heterocycles. The van der Waals surface area contributed by atoms with E-state index >= 15 is 0 Å². The highest BCUT2D eigenvalue weighted by Crippen LogP contribution is 2.17. The van der Waals surface area contributed by atoms with Gasteiger partial charge in [0.2, 0.25) is 17.7 Å². The number of benzene rings is 2. The van der Waals surface area contributed by atoms with E-state index in [1.807, 2.05) is 60.7 Å². The van der Waals surface area contributed by atoms with Gasteiger partial charge in [-0.15, -0.1) is 0 Å². The van der Waals surface area contributed by atoms with Gasteiger partial charge in [0.25, 0.3) is 0 Å². The zero-order valence-corrected chi connectivity index (χ0v) is 19.4. The quantitative estimate of drug-likeness (QED) is 0.315. The summed E-state index contributed by atoms with van der Waals surface area (Å²) in [6, 6.07) is 17.9. The van der Waals surface area contributed by atoms with E-state index in [0.717, 1.165) is 16.5 Å². The summed E-state index contributed by atoms with van der Waals surface area (Å²) in [4.78, 5) is 42.2. The molecule has 182 valence electrons. The third-order valence-corrected chi connectivity index (χ3v) is 6.05. The summed E-state index contributed by atoms with van der Waals surface area (Å²) in [5.74, 6) is -0.848. The SMILES string of the molecule is NCC(=O)NC1CNC(C(=O)NC(CCc2ccccc2)C(=O)Nc2cnc3ccccc3c2)C1. The minimum absolute atomic E-state index is 0.0985. The number of nitrogens with one attached hydrogen (secondary N) is 4. The summed E-state index contributed by atoms with van der Waals surface area (Å²) in [5.41, 5.74) is 7.84. The number of anilines is 1. The van der Waals surface area contributed by atoms with E-state index in [-0.39, 0.29) is 30.3 Å². The predicted molar refractivity (Wildman–Crippen MR) is 134 cm³/mol. The van der Waals surface area contributed by atoms with Gasteiger partial charge in [-0.25, -0.2) is 0 Å². The number of carbonyl (C=O) groups is 3. The van der Waals surface area contributed by atoms with Crippen LogP contribution in [0.15, 0.2) is 66.9 Å². The fraction of sp³-hybridized carbons (Fsp3) is 0.308. The third kappa shape index (κ3) is 6.62. The molecule has 3 amide bonds. The van der Waals surface area contributed by atoms with Crippen LogP contribution in [-0.2, 0) is 20.8 Å². The molecule has 3 unspecified atom stereocenters. The highest BCUT2D eigenvalue weighted by atomic mass is 16.2. The number of fused-ring (bicyclic) bond motifs is 1. The van der Waals surface area contributed by atoms with E-state index < -0.39 is 12.1 Å². The van der Waals surface area contributed by atoms with E-state index in [2.05, 4.69) is 26.3 Å². The topological polar surface area (TPSA) is 138 Å². The minimum atomic E-state index is -0.742. The zero-order chi connectivity index (χ0) is 24.6. The van der Waals surface area contributed by atoms with Gasteiger partial charge >= 0.3 is 0 Å². The number of aryl methyl sites for hydroxylation is 1. The summed E-state index contributed by atoms with van der Waals surface area (Å²) in [7, 11) is 0. The normalized spacial score (nSPS) is 18.1. The van der Waals surface area contributed by atoms with Crippen molar-refractivity contribution in [3.05, 3.63) is 72.4 Å². The Labute approximate surface area is 203 Å². The number of amides is 3. The molecule has 0 aliphatic carbocycles. The smallest absolute Gasteiger partial charge is 0.247 e. The lowest BCUT2D eigenvalue weighted by molar-refractivity contribution is -0.127. The molecule has 3 atom stereocenters. The number of hydrogen-bond acceptors (Lipinski definition) is 6. The van der Waals surface area contributed by atoms with Gasteiger partial charge in [0.1, 0.15) is 6.04 Å². The van der Waals surface area contributed by atoms with Crippen LogP contribution >= 0.6 is 0 Å². The molecule has 0 saturated carbocycles. The fourth-order valence-electron chi connectivity index (χ4n) is 4.20. The van der Waals surface area contributed by atoms with E-state index in [9.17, 15) is 14.4 Å². The van der Waals surface area contributed by atoms with Crippen molar-refractivity contribution in [1.82, 2.24) is 20.9 Å². The average molecular weight is 475 g/mol. The van der Waals surface area contributed by atoms with Gasteiger partial charge in [0.05, 0.1) is 30.0 Å². The van der Waals surface area contributed by atoms with Gasteiger partial charge < -0.3 is 27.0 Å². The van der Waals surface area contributed by atoms with Crippen LogP contribution in [0.4, 0.5) is 5.69 Å². The molecule has 35 heavy (non-hydrogen) atoms. The molecule has 2 aromatic carbocycles. The Morgan fingerprint density at radius 2 is 1.86 bits per heavy atom. The Kier molecular flexibility index (Phi) is 8.02. The number of nitrogens with two attached hydrogens (primary N) is 1. The Bertz CT molecular complexity index is 1190. The molecule has 0 spiro atoms. The largest absolute Gasteiger partial charge is 0.351 e. The maximum absolute atomic E-state index is 13.2. The lowest BCUT2D eigenvalue weighted by atomic mass is 10.0. The predicted octanol–water partition coefficient (Wildman–Crippen LogP) is 1.10. The summed E-state index contributed by atoms with van der Waals surface area (Å²) in [6.45, 7) is 0.367. The van der Waals surface area contributed by atoms with Crippen molar-refractivity contribution in [2.45, 2.75) is 37.4 Å². The van der Waals surface area contributed by atoms with Gasteiger partial charge in [0, 0.05) is 18.0 Å². The number of rotatable bonds is 9. The average Bonchev–Trinajstić information content (AvgIpc) is 3.35. The molecule has 0 radical (unpaired) electrons. The van der Waals surface area contributed by atoms with Crippen LogP contribution in [0.3, 0.4) is 0 Å². The standard InChI is InChI=1S/C26H30N6O3/c27-14-24(33)30-20-13-23(29-16-20)26(35)32-22(11-10-17-6-2-1-3-7-17)25(34)31-19-12-18-8-4-5-9-21(18)28-15-19/h1-9,12,15,20,22-23,29H,10-11,13-14,16,27H2,(H,30,33)(H,31,34)(H,32,35). The van der Waals surface area contributed by atoms with Crippen molar-refractivity contribution in [1.29, 1.82) is 0 Å². The number of aromatic nitrogens is 1. The van der Waals surface area contributed by atoms with Crippen molar-refractivity contribution >= 4 is 34.3 Å². The van der Waals surface area contributed by atoms with E-state index in [1.165, 1.54) is 0 Å². The van der Waals surface area contributed by atoms with Gasteiger partial charge in [-0.05, 0) is 37.0 Å². The maximum atomic E-state index is 13.2. The van der Waals surface area contributed by atoms with Gasteiger partial charge in [-0.3, -0.25) is 19.4 Å². The van der Waals surface area contributed by atoms with Crippen molar-refractivity contribution in [2.24, 2.45) is 5.73 Å². The number of para-hydroxylation sites is 1. The Morgan fingerprint density at radius 1 is 1.09 bits per heavy atom. The first kappa shape index (κ1) is 24.3. The number of nitrogens with zero attached hydrogens (tertiary/aromatic N) is 1. The molecular weight excluding hydrogens is 444 g/mol. The maximum Gasteiger partial charge on any atom is 0.247 e. The second kappa shape index (κ2) is 11.5. The molecule has 0 bridgehead atoms. The van der Waals surface area contributed by atoms with Gasteiger partial charge in [0.15, 0.2) is 0 Å². The molecule has 6 N–H and O–H groups in total. The van der Waals surface area contributed by atoms with Crippen molar-refractivity contribution < 1.29 is 14.4 Å². The second-order valence-corrected chi connectivity index (χ2v) is 8.66. The van der Waals surface area contributed by atoms with Crippen LogP contribution < -0.4 is 27.0 Å². The van der Waals surface area contributed by atoms with Crippen LogP contribution in [0.2, 0.25) is 0 Å². The number of hydrogen-bond donors (Lipinski definition) is 5. The molecule has 9 heteroatoms. The molecular formula is C26H30N6O3. The molecule has 1 aliphatic rings. The van der Waals surface area contributed by atoms with Gasteiger partial charge in [-0.2, -0.15) is 0 Å². The van der Waals surface area contributed by atoms with Crippen LogP contribution in [0.25, 0.3) is 10.9 Å². The van der Waals surface area contributed by atoms with Crippen LogP contribution in [0.1, 0.15) is 18.4 Å². The molecule has 1 fully saturated rings. The monoisotopic (exact) mass is 474 g/mol. The highest BCUT2D eigenvalue weighted by molar-refractivity contribution is 5.99. The highest BCUT2D eigenvalue weighted by Gasteiger charge is 2.32. The van der Waals surface area contributed by atoms with Crippen molar-refractivity contribution in [2.75, 3.05) is 18.4 Å². The lowest BCUT2D eigenvalue weighted by Crippen LogP contribution is -2.50. The molecule has 1 saturated heterocycles. The summed E-state index contributed by atoms with van der Waals surface area (Å²) in [5, 5.41) is 12.6. The van der Waals surface area contributed by atoms with Crippen LogP contribution in [0.5, 0.6) is 0 Å². The first-order valence-electron chi connectivity index (χ1n) is 11.7. The summed E-state index contributed by atoms with van der Waals surface area (Å²) >= 11 is 0. The Balaban J connectivity index is 1.43. The summed E-state index contributed by atoms with van der Waals surface area (Å²) in [6.07, 6.45) is 3.10. The Hall–Kier alpha value is -3.82. The van der Waals surface area contributed by atoms with Crippen LogP contribution in [-0.4, -0.2) is 53.9 Å².